The maximum absolute atomic E-state index is 12.7. The van der Waals surface area contributed by atoms with Crippen molar-refractivity contribution in [1.29, 1.82) is 0 Å². The fourth-order valence-corrected chi connectivity index (χ4v) is 4.82. The number of urea groups is 1. The Labute approximate surface area is 219 Å². The quantitative estimate of drug-likeness (QED) is 0.272. The molecular formula is C22H26N8O7S. The van der Waals surface area contributed by atoms with Crippen LogP contribution in [0.4, 0.5) is 22.0 Å². The number of hydrogen-bond acceptors (Lipinski definition) is 9. The Morgan fingerprint density at radius 2 is 1.84 bits per heavy atom. The zero-order chi connectivity index (χ0) is 27.0. The first-order chi connectivity index (χ1) is 18.2. The highest BCUT2D eigenvalue weighted by Crippen LogP contribution is 2.44. The Balaban J connectivity index is 1.39. The predicted molar refractivity (Wildman–Crippen MR) is 135 cm³/mol. The summed E-state index contributed by atoms with van der Waals surface area (Å²) in [6, 6.07) is 5.73. The SMILES string of the molecule is CCNC(=O)[C@H]1O[C@@H](n2cnc3c(NC(=O)Nc4ccccc4NS(=O)O)ncnc32)[C@@H]2OC(C)(C)O[C@@H]21. The van der Waals surface area contributed by atoms with E-state index in [0.717, 1.165) is 0 Å². The van der Waals surface area contributed by atoms with E-state index in [9.17, 15) is 13.8 Å². The molecule has 2 aromatic heterocycles. The van der Waals surface area contributed by atoms with Crippen molar-refractivity contribution < 1.29 is 32.6 Å². The summed E-state index contributed by atoms with van der Waals surface area (Å²) in [5.41, 5.74) is 1.12. The number of benzene rings is 1. The summed E-state index contributed by atoms with van der Waals surface area (Å²) in [6.45, 7) is 5.77. The van der Waals surface area contributed by atoms with E-state index in [1.807, 2.05) is 6.92 Å². The first-order valence-corrected chi connectivity index (χ1v) is 12.8. The number of nitrogens with one attached hydrogen (secondary N) is 4. The molecule has 1 aromatic carbocycles. The van der Waals surface area contributed by atoms with Crippen molar-refractivity contribution in [2.45, 2.75) is 51.1 Å². The van der Waals surface area contributed by atoms with Crippen LogP contribution in [0.1, 0.15) is 27.0 Å². The van der Waals surface area contributed by atoms with E-state index in [0.29, 0.717) is 12.2 Å². The Bertz CT molecular complexity index is 1400. The third-order valence-corrected chi connectivity index (χ3v) is 6.27. The van der Waals surface area contributed by atoms with E-state index in [2.05, 4.69) is 35.6 Å². The van der Waals surface area contributed by atoms with Crippen molar-refractivity contribution in [3.05, 3.63) is 36.9 Å². The average Bonchev–Trinajstić information content (AvgIpc) is 3.51. The first kappa shape index (κ1) is 25.9. The van der Waals surface area contributed by atoms with E-state index in [4.69, 9.17) is 18.8 Å². The zero-order valence-corrected chi connectivity index (χ0v) is 21.4. The zero-order valence-electron chi connectivity index (χ0n) is 20.6. The summed E-state index contributed by atoms with van der Waals surface area (Å²) in [6.07, 6.45) is -0.236. The number of fused-ring (bicyclic) bond motifs is 2. The lowest BCUT2D eigenvalue weighted by Gasteiger charge is -2.24. The van der Waals surface area contributed by atoms with Crippen LogP contribution < -0.4 is 20.7 Å². The number of imidazole rings is 1. The fraction of sp³-hybridized carbons (Fsp3) is 0.409. The number of rotatable bonds is 7. The standard InChI is InChI=1S/C22H26N8O7S/c1-4-23-19(31)15-14-16(37-22(2,3)36-14)20(35-15)30-10-26-13-17(24-9-25-18(13)30)28-21(32)27-11-7-5-6-8-12(11)29-38(33)34/h5-10,14-16,20,29H,4H2,1-3H3,(H,23,31)(H,33,34)(H2,24,25,27,28,32)/t14-,15+,16-,20-/m1/s1. The number of amides is 3. The van der Waals surface area contributed by atoms with Gasteiger partial charge in [0.05, 0.1) is 17.7 Å². The molecule has 1 unspecified atom stereocenters. The summed E-state index contributed by atoms with van der Waals surface area (Å²) >= 11 is -2.32. The van der Waals surface area contributed by atoms with Crippen LogP contribution in [0, 0.1) is 0 Å². The van der Waals surface area contributed by atoms with Crippen LogP contribution in [0.5, 0.6) is 0 Å². The lowest BCUT2D eigenvalue weighted by molar-refractivity contribution is -0.197. The summed E-state index contributed by atoms with van der Waals surface area (Å²) in [4.78, 5) is 38.2. The summed E-state index contributed by atoms with van der Waals surface area (Å²) in [5.74, 6) is -1.13. The number of para-hydroxylation sites is 2. The molecule has 0 saturated carbocycles. The molecule has 2 fully saturated rings. The smallest absolute Gasteiger partial charge is 0.324 e. The van der Waals surface area contributed by atoms with Gasteiger partial charge in [0.2, 0.25) is 0 Å². The molecule has 0 bridgehead atoms. The third-order valence-electron chi connectivity index (χ3n) is 5.88. The Kier molecular flexibility index (Phi) is 6.97. The van der Waals surface area contributed by atoms with Crippen molar-refractivity contribution in [2.75, 3.05) is 21.9 Å². The van der Waals surface area contributed by atoms with E-state index >= 15 is 0 Å². The number of ether oxygens (including phenoxy) is 3. The van der Waals surface area contributed by atoms with Crippen molar-refractivity contribution >= 4 is 51.6 Å². The van der Waals surface area contributed by atoms with Gasteiger partial charge in [-0.1, -0.05) is 12.1 Å². The van der Waals surface area contributed by atoms with Crippen LogP contribution in [-0.4, -0.2) is 70.9 Å². The number of hydrogen-bond donors (Lipinski definition) is 5. The van der Waals surface area contributed by atoms with Crippen LogP contribution in [0.2, 0.25) is 0 Å². The maximum Gasteiger partial charge on any atom is 0.324 e. The minimum Gasteiger partial charge on any atom is -0.354 e. The van der Waals surface area contributed by atoms with Gasteiger partial charge in [-0.15, -0.1) is 0 Å². The second kappa shape index (κ2) is 10.2. The molecule has 2 aliphatic rings. The molecule has 15 nitrogen and oxygen atoms in total. The van der Waals surface area contributed by atoms with E-state index in [1.54, 1.807) is 36.6 Å². The van der Waals surface area contributed by atoms with Crippen molar-refractivity contribution in [3.63, 3.8) is 0 Å². The molecule has 4 heterocycles. The molecule has 3 aromatic rings. The van der Waals surface area contributed by atoms with Gasteiger partial charge < -0.3 is 24.8 Å². The minimum atomic E-state index is -2.32. The molecule has 3 amide bonds. The van der Waals surface area contributed by atoms with Crippen LogP contribution in [-0.2, 0) is 30.3 Å². The average molecular weight is 547 g/mol. The van der Waals surface area contributed by atoms with E-state index < -0.39 is 47.6 Å². The summed E-state index contributed by atoms with van der Waals surface area (Å²) in [5, 5.41) is 7.97. The van der Waals surface area contributed by atoms with Gasteiger partial charge in [0, 0.05) is 6.54 Å². The molecule has 0 spiro atoms. The topological polar surface area (TPSA) is 191 Å². The van der Waals surface area contributed by atoms with Crippen LogP contribution in [0.3, 0.4) is 0 Å². The van der Waals surface area contributed by atoms with Gasteiger partial charge in [0.25, 0.3) is 17.2 Å². The highest BCUT2D eigenvalue weighted by atomic mass is 32.2. The normalized spacial score (nSPS) is 24.5. The van der Waals surface area contributed by atoms with Gasteiger partial charge >= 0.3 is 6.03 Å². The maximum atomic E-state index is 12.7. The predicted octanol–water partition coefficient (Wildman–Crippen LogP) is 1.57. The van der Waals surface area contributed by atoms with Gasteiger partial charge in [0.15, 0.2) is 35.1 Å². The molecule has 2 aliphatic heterocycles. The molecule has 2 saturated heterocycles. The second-order valence-corrected chi connectivity index (χ2v) is 9.63. The molecule has 202 valence electrons. The molecule has 38 heavy (non-hydrogen) atoms. The summed E-state index contributed by atoms with van der Waals surface area (Å²) in [7, 11) is 0. The highest BCUT2D eigenvalue weighted by molar-refractivity contribution is 7.80. The summed E-state index contributed by atoms with van der Waals surface area (Å²) < 4.78 is 42.3. The van der Waals surface area contributed by atoms with Crippen molar-refractivity contribution in [3.8, 4) is 0 Å². The molecule has 16 heteroatoms. The number of aromatic nitrogens is 4. The minimum absolute atomic E-state index is 0.112. The second-order valence-electron chi connectivity index (χ2n) is 8.93. The van der Waals surface area contributed by atoms with Crippen molar-refractivity contribution in [1.82, 2.24) is 24.8 Å². The van der Waals surface area contributed by atoms with Crippen LogP contribution >= 0.6 is 0 Å². The fourth-order valence-electron chi connectivity index (χ4n) is 4.45. The van der Waals surface area contributed by atoms with Gasteiger partial charge in [-0.3, -0.25) is 24.0 Å². The van der Waals surface area contributed by atoms with E-state index in [1.165, 1.54) is 18.7 Å². The Morgan fingerprint density at radius 3 is 2.58 bits per heavy atom. The Morgan fingerprint density at radius 1 is 1.11 bits per heavy atom. The number of carbonyl (C=O) groups is 2. The van der Waals surface area contributed by atoms with Gasteiger partial charge in [-0.05, 0) is 32.9 Å². The lowest BCUT2D eigenvalue weighted by Crippen LogP contribution is -2.42. The first-order valence-electron chi connectivity index (χ1n) is 11.7. The monoisotopic (exact) mass is 546 g/mol. The number of anilines is 3. The molecule has 5 rings (SSSR count). The molecule has 5 atom stereocenters. The molecule has 0 radical (unpaired) electrons. The lowest BCUT2D eigenvalue weighted by atomic mass is 10.1. The van der Waals surface area contributed by atoms with Gasteiger partial charge in [-0.2, -0.15) is 0 Å². The van der Waals surface area contributed by atoms with Crippen LogP contribution in [0.15, 0.2) is 36.9 Å². The van der Waals surface area contributed by atoms with Crippen LogP contribution in [0.25, 0.3) is 11.2 Å². The van der Waals surface area contributed by atoms with Gasteiger partial charge in [0.1, 0.15) is 18.5 Å². The largest absolute Gasteiger partial charge is 0.354 e. The number of carbonyl (C=O) groups excluding carboxylic acids is 2. The number of nitrogens with zero attached hydrogens (tertiary/aromatic N) is 4. The third kappa shape index (κ3) is 5.03. The highest BCUT2D eigenvalue weighted by Gasteiger charge is 2.58. The molecule has 0 aliphatic carbocycles. The van der Waals surface area contributed by atoms with E-state index in [-0.39, 0.29) is 28.6 Å². The number of likely N-dealkylation sites (N-methyl/N-ethyl adjacent to an activating group) is 1. The molecule has 5 N–H and O–H groups in total. The van der Waals surface area contributed by atoms with Crippen molar-refractivity contribution in [2.24, 2.45) is 0 Å². The Hall–Kier alpha value is -3.70. The molecular weight excluding hydrogens is 520 g/mol. The van der Waals surface area contributed by atoms with Gasteiger partial charge in [-0.25, -0.2) is 24.0 Å².